The van der Waals surface area contributed by atoms with E-state index in [1.165, 1.54) is 4.88 Å². The molecule has 108 valence electrons. The van der Waals surface area contributed by atoms with E-state index >= 15 is 0 Å². The van der Waals surface area contributed by atoms with Crippen LogP contribution in [0.25, 0.3) is 0 Å². The summed E-state index contributed by atoms with van der Waals surface area (Å²) in [5.41, 5.74) is 2.18. The SMILES string of the molecule is Cc1n[nH]c(C)c1C(=O)NCC(c1cccs1)N(C)C. The van der Waals surface area contributed by atoms with Crippen LogP contribution >= 0.6 is 11.3 Å². The van der Waals surface area contributed by atoms with Crippen molar-refractivity contribution >= 4 is 17.2 Å². The van der Waals surface area contributed by atoms with Crippen LogP contribution in [-0.4, -0.2) is 41.6 Å². The maximum absolute atomic E-state index is 12.3. The first-order valence-electron chi connectivity index (χ1n) is 6.50. The van der Waals surface area contributed by atoms with E-state index in [2.05, 4.69) is 31.9 Å². The Morgan fingerprint density at radius 2 is 2.25 bits per heavy atom. The topological polar surface area (TPSA) is 61.0 Å². The van der Waals surface area contributed by atoms with Crippen LogP contribution in [0.3, 0.4) is 0 Å². The fraction of sp³-hybridized carbons (Fsp3) is 0.429. The van der Waals surface area contributed by atoms with Gasteiger partial charge in [-0.25, -0.2) is 0 Å². The molecule has 1 unspecified atom stereocenters. The zero-order valence-electron chi connectivity index (χ0n) is 12.2. The minimum absolute atomic E-state index is 0.0721. The Bertz CT molecular complexity index is 555. The molecule has 0 aliphatic heterocycles. The van der Waals surface area contributed by atoms with Crippen molar-refractivity contribution in [1.29, 1.82) is 0 Å². The van der Waals surface area contributed by atoms with Crippen LogP contribution < -0.4 is 5.32 Å². The molecule has 0 saturated carbocycles. The number of nitrogens with zero attached hydrogens (tertiary/aromatic N) is 2. The van der Waals surface area contributed by atoms with Gasteiger partial charge in [0.1, 0.15) is 0 Å². The molecule has 2 rings (SSSR count). The normalized spacial score (nSPS) is 12.7. The van der Waals surface area contributed by atoms with Crippen LogP contribution in [0.5, 0.6) is 0 Å². The van der Waals surface area contributed by atoms with Gasteiger partial charge in [0, 0.05) is 17.1 Å². The third-order valence-corrected chi connectivity index (χ3v) is 4.28. The molecule has 6 heteroatoms. The molecule has 1 amide bonds. The first-order valence-corrected chi connectivity index (χ1v) is 7.38. The van der Waals surface area contributed by atoms with Crippen molar-refractivity contribution < 1.29 is 4.79 Å². The maximum atomic E-state index is 12.3. The van der Waals surface area contributed by atoms with Crippen molar-refractivity contribution in [2.75, 3.05) is 20.6 Å². The third kappa shape index (κ3) is 3.08. The lowest BCUT2D eigenvalue weighted by atomic mass is 10.1. The minimum atomic E-state index is -0.0721. The molecule has 0 aliphatic carbocycles. The number of carbonyl (C=O) groups is 1. The van der Waals surface area contributed by atoms with Crippen molar-refractivity contribution in [3.8, 4) is 0 Å². The molecule has 2 aromatic rings. The second-order valence-corrected chi connectivity index (χ2v) is 5.99. The second-order valence-electron chi connectivity index (χ2n) is 5.01. The summed E-state index contributed by atoms with van der Waals surface area (Å²) in [6.45, 7) is 4.27. The summed E-state index contributed by atoms with van der Waals surface area (Å²) in [5, 5.41) is 11.9. The van der Waals surface area contributed by atoms with E-state index < -0.39 is 0 Å². The Hall–Kier alpha value is -1.66. The van der Waals surface area contributed by atoms with E-state index in [1.807, 2.05) is 34.0 Å². The van der Waals surface area contributed by atoms with Gasteiger partial charge in [0.05, 0.1) is 17.3 Å². The first-order chi connectivity index (χ1) is 9.50. The summed E-state index contributed by atoms with van der Waals surface area (Å²) >= 11 is 1.70. The zero-order valence-corrected chi connectivity index (χ0v) is 13.0. The summed E-state index contributed by atoms with van der Waals surface area (Å²) in [7, 11) is 4.04. The van der Waals surface area contributed by atoms with E-state index in [0.717, 1.165) is 11.4 Å². The number of likely N-dealkylation sites (N-methyl/N-ethyl adjacent to an activating group) is 1. The first kappa shape index (κ1) is 14.7. The van der Waals surface area contributed by atoms with Crippen LogP contribution in [-0.2, 0) is 0 Å². The van der Waals surface area contributed by atoms with E-state index in [1.54, 1.807) is 11.3 Å². The molecule has 0 fully saturated rings. The molecule has 2 heterocycles. The van der Waals surface area contributed by atoms with Gasteiger partial charge in [0.25, 0.3) is 5.91 Å². The summed E-state index contributed by atoms with van der Waals surface area (Å²) in [5.74, 6) is -0.0721. The molecule has 0 radical (unpaired) electrons. The summed E-state index contributed by atoms with van der Waals surface area (Å²) in [4.78, 5) is 15.6. The number of aryl methyl sites for hydroxylation is 2. The molecule has 20 heavy (non-hydrogen) atoms. The van der Waals surface area contributed by atoms with Crippen LogP contribution in [0.2, 0.25) is 0 Å². The highest BCUT2D eigenvalue weighted by Crippen LogP contribution is 2.22. The van der Waals surface area contributed by atoms with Crippen LogP contribution in [0.4, 0.5) is 0 Å². The number of aromatic amines is 1. The van der Waals surface area contributed by atoms with E-state index in [4.69, 9.17) is 0 Å². The third-order valence-electron chi connectivity index (χ3n) is 3.31. The van der Waals surface area contributed by atoms with Crippen molar-refractivity contribution in [2.45, 2.75) is 19.9 Å². The molecule has 0 spiro atoms. The molecule has 0 aliphatic rings. The minimum Gasteiger partial charge on any atom is -0.350 e. The maximum Gasteiger partial charge on any atom is 0.255 e. The van der Waals surface area contributed by atoms with Crippen molar-refractivity contribution in [3.63, 3.8) is 0 Å². The highest BCUT2D eigenvalue weighted by molar-refractivity contribution is 7.10. The molecule has 5 nitrogen and oxygen atoms in total. The van der Waals surface area contributed by atoms with Gasteiger partial charge in [-0.1, -0.05) is 6.07 Å². The number of H-pyrrole nitrogens is 1. The zero-order chi connectivity index (χ0) is 14.7. The highest BCUT2D eigenvalue weighted by Gasteiger charge is 2.19. The molecule has 0 aromatic carbocycles. The lowest BCUT2D eigenvalue weighted by Crippen LogP contribution is -2.34. The Labute approximate surface area is 123 Å². The van der Waals surface area contributed by atoms with Crippen molar-refractivity contribution in [2.24, 2.45) is 0 Å². The smallest absolute Gasteiger partial charge is 0.255 e. The number of thiophene rings is 1. The Kier molecular flexibility index (Phi) is 4.57. The molecule has 2 N–H and O–H groups in total. The fourth-order valence-electron chi connectivity index (χ4n) is 2.18. The molecule has 1 atom stereocenters. The summed E-state index contributed by atoms with van der Waals surface area (Å²) in [6, 6.07) is 4.31. The molecule has 0 saturated heterocycles. The van der Waals surface area contributed by atoms with Gasteiger partial charge in [0.2, 0.25) is 0 Å². The Morgan fingerprint density at radius 1 is 1.50 bits per heavy atom. The quantitative estimate of drug-likeness (QED) is 0.887. The lowest BCUT2D eigenvalue weighted by molar-refractivity contribution is 0.0941. The average Bonchev–Trinajstić information content (AvgIpc) is 3.00. The van der Waals surface area contributed by atoms with Gasteiger partial charge < -0.3 is 10.2 Å². The second kappa shape index (κ2) is 6.19. The van der Waals surface area contributed by atoms with E-state index in [-0.39, 0.29) is 11.9 Å². The molecular formula is C14H20N4OS. The number of nitrogens with one attached hydrogen (secondary N) is 2. The predicted molar refractivity (Wildman–Crippen MR) is 81.1 cm³/mol. The molecule has 2 aromatic heterocycles. The molecular weight excluding hydrogens is 272 g/mol. The number of aromatic nitrogens is 2. The van der Waals surface area contributed by atoms with Crippen molar-refractivity contribution in [3.05, 3.63) is 39.3 Å². The lowest BCUT2D eigenvalue weighted by Gasteiger charge is -2.23. The van der Waals surface area contributed by atoms with E-state index in [9.17, 15) is 4.79 Å². The van der Waals surface area contributed by atoms with Gasteiger partial charge in [-0.05, 0) is 39.4 Å². The average molecular weight is 292 g/mol. The Balaban J connectivity index is 2.05. The largest absolute Gasteiger partial charge is 0.350 e. The fourth-order valence-corrected chi connectivity index (χ4v) is 3.10. The Morgan fingerprint density at radius 3 is 2.75 bits per heavy atom. The van der Waals surface area contributed by atoms with Crippen LogP contribution in [0.15, 0.2) is 17.5 Å². The van der Waals surface area contributed by atoms with Gasteiger partial charge in [-0.2, -0.15) is 5.10 Å². The highest BCUT2D eigenvalue weighted by atomic mass is 32.1. The van der Waals surface area contributed by atoms with E-state index in [0.29, 0.717) is 12.1 Å². The molecule has 0 bridgehead atoms. The summed E-state index contributed by atoms with van der Waals surface area (Å²) in [6.07, 6.45) is 0. The van der Waals surface area contributed by atoms with Gasteiger partial charge in [0.15, 0.2) is 0 Å². The number of carbonyl (C=O) groups excluding carboxylic acids is 1. The summed E-state index contributed by atoms with van der Waals surface area (Å²) < 4.78 is 0. The number of hydrogen-bond acceptors (Lipinski definition) is 4. The van der Waals surface area contributed by atoms with Gasteiger partial charge in [-0.15, -0.1) is 11.3 Å². The predicted octanol–water partition coefficient (Wildman–Crippen LogP) is 2.12. The monoisotopic (exact) mass is 292 g/mol. The van der Waals surface area contributed by atoms with Gasteiger partial charge in [-0.3, -0.25) is 9.89 Å². The number of hydrogen-bond donors (Lipinski definition) is 2. The van der Waals surface area contributed by atoms with Crippen molar-refractivity contribution in [1.82, 2.24) is 20.4 Å². The van der Waals surface area contributed by atoms with Gasteiger partial charge >= 0.3 is 0 Å². The number of amides is 1. The standard InChI is InChI=1S/C14H20N4OS/c1-9-13(10(2)17-16-9)14(19)15-8-11(18(3)4)12-6-5-7-20-12/h5-7,11H,8H2,1-4H3,(H,15,19)(H,16,17). The van der Waals surface area contributed by atoms with Crippen LogP contribution in [0.1, 0.15) is 32.7 Å². The van der Waals surface area contributed by atoms with Crippen LogP contribution in [0, 0.1) is 13.8 Å². The number of rotatable bonds is 5.